The van der Waals surface area contributed by atoms with Crippen molar-refractivity contribution >= 4 is 11.4 Å². The van der Waals surface area contributed by atoms with E-state index in [0.717, 1.165) is 31.9 Å². The number of rotatable bonds is 3. The van der Waals surface area contributed by atoms with Crippen molar-refractivity contribution in [2.24, 2.45) is 10.3 Å². The van der Waals surface area contributed by atoms with Crippen LogP contribution in [0.1, 0.15) is 5.56 Å². The molecule has 0 aromatic heterocycles. The molecule has 1 aliphatic rings. The molecular weight excluding hydrogens is 274 g/mol. The van der Waals surface area contributed by atoms with Gasteiger partial charge in [0.25, 0.3) is 0 Å². The van der Waals surface area contributed by atoms with Gasteiger partial charge in [-0.25, -0.2) is 0 Å². The molecule has 0 spiro atoms. The number of hydrogen-bond acceptors (Lipinski definition) is 4. The highest BCUT2D eigenvalue weighted by Gasteiger charge is 2.15. The minimum Gasteiger partial charge on any atom is -0.368 e. The zero-order valence-corrected chi connectivity index (χ0v) is 12.3. The van der Waals surface area contributed by atoms with Gasteiger partial charge in [-0.05, 0) is 36.4 Å². The van der Waals surface area contributed by atoms with Gasteiger partial charge in [-0.3, -0.25) is 5.01 Å². The van der Waals surface area contributed by atoms with Gasteiger partial charge < -0.3 is 4.90 Å². The summed E-state index contributed by atoms with van der Waals surface area (Å²) >= 11 is 0. The summed E-state index contributed by atoms with van der Waals surface area (Å²) in [5.41, 5.74) is 2.66. The fourth-order valence-corrected chi connectivity index (χ4v) is 2.40. The van der Waals surface area contributed by atoms with Gasteiger partial charge in [0.2, 0.25) is 0 Å². The van der Waals surface area contributed by atoms with Crippen LogP contribution in [0.5, 0.6) is 0 Å². The van der Waals surface area contributed by atoms with E-state index in [-0.39, 0.29) is 0 Å². The summed E-state index contributed by atoms with van der Waals surface area (Å²) in [6.45, 7) is 3.59. The number of para-hydroxylation sites is 1. The molecule has 1 heterocycles. The summed E-state index contributed by atoms with van der Waals surface area (Å²) in [4.78, 5) is 2.35. The van der Waals surface area contributed by atoms with Gasteiger partial charge in [0.15, 0.2) is 0 Å². The van der Waals surface area contributed by atoms with E-state index in [1.165, 1.54) is 5.69 Å². The lowest BCUT2D eigenvalue weighted by Crippen LogP contribution is -2.43. The molecule has 0 N–H and O–H groups in total. The number of anilines is 1. The maximum Gasteiger partial charge on any atom is 0.0991 e. The maximum atomic E-state index is 8.76. The van der Waals surface area contributed by atoms with E-state index >= 15 is 0 Å². The van der Waals surface area contributed by atoms with Crippen LogP contribution < -0.4 is 4.90 Å². The highest BCUT2D eigenvalue weighted by Crippen LogP contribution is 2.17. The van der Waals surface area contributed by atoms with Gasteiger partial charge in [0, 0.05) is 18.8 Å². The van der Waals surface area contributed by atoms with Crippen molar-refractivity contribution < 1.29 is 0 Å². The Morgan fingerprint density at radius 2 is 1.55 bits per heavy atom. The maximum absolute atomic E-state index is 8.76. The van der Waals surface area contributed by atoms with Gasteiger partial charge in [-0.15, -0.1) is 5.11 Å². The van der Waals surface area contributed by atoms with Crippen LogP contribution in [0, 0.1) is 11.3 Å². The normalized spacial score (nSPS) is 15.0. The molecule has 2 aromatic carbocycles. The fourth-order valence-electron chi connectivity index (χ4n) is 2.40. The summed E-state index contributed by atoms with van der Waals surface area (Å²) in [6, 6.07) is 19.6. The number of hydrogen-bond donors (Lipinski definition) is 0. The van der Waals surface area contributed by atoms with Crippen molar-refractivity contribution in [1.29, 1.82) is 5.26 Å². The summed E-state index contributed by atoms with van der Waals surface area (Å²) in [5, 5.41) is 19.3. The number of benzene rings is 2. The first-order valence-corrected chi connectivity index (χ1v) is 7.32. The lowest BCUT2D eigenvalue weighted by atomic mass is 10.2. The third kappa shape index (κ3) is 3.41. The van der Waals surface area contributed by atoms with E-state index in [9.17, 15) is 0 Å². The Labute approximate surface area is 130 Å². The topological polar surface area (TPSA) is 55.0 Å². The Balaban J connectivity index is 1.55. The Hall–Kier alpha value is -2.87. The Kier molecular flexibility index (Phi) is 4.30. The van der Waals surface area contributed by atoms with Crippen molar-refractivity contribution in [3.63, 3.8) is 0 Å². The van der Waals surface area contributed by atoms with E-state index in [2.05, 4.69) is 45.6 Å². The molecule has 0 bridgehead atoms. The molecule has 2 aromatic rings. The Morgan fingerprint density at radius 1 is 0.864 bits per heavy atom. The molecule has 3 rings (SSSR count). The number of nitriles is 1. The Morgan fingerprint density at radius 3 is 2.18 bits per heavy atom. The monoisotopic (exact) mass is 291 g/mol. The quantitative estimate of drug-likeness (QED) is 0.815. The second-order valence-electron chi connectivity index (χ2n) is 5.12. The first-order valence-electron chi connectivity index (χ1n) is 7.32. The van der Waals surface area contributed by atoms with E-state index < -0.39 is 0 Å². The SMILES string of the molecule is N#Cc1ccc(N=NN2CCN(c3ccccc3)CC2)cc1. The van der Waals surface area contributed by atoms with Gasteiger partial charge in [-0.1, -0.05) is 23.4 Å². The van der Waals surface area contributed by atoms with Crippen molar-refractivity contribution in [3.05, 3.63) is 60.2 Å². The molecule has 0 unspecified atom stereocenters. The van der Waals surface area contributed by atoms with E-state index in [4.69, 9.17) is 5.26 Å². The number of nitrogens with zero attached hydrogens (tertiary/aromatic N) is 5. The van der Waals surface area contributed by atoms with E-state index in [0.29, 0.717) is 5.56 Å². The molecule has 0 radical (unpaired) electrons. The third-order valence-corrected chi connectivity index (χ3v) is 3.66. The smallest absolute Gasteiger partial charge is 0.0991 e. The molecule has 0 aliphatic carbocycles. The Bertz CT molecular complexity index is 664. The summed E-state index contributed by atoms with van der Waals surface area (Å²) < 4.78 is 0. The van der Waals surface area contributed by atoms with Crippen LogP contribution in [0.3, 0.4) is 0 Å². The van der Waals surface area contributed by atoms with Crippen molar-refractivity contribution in [3.8, 4) is 6.07 Å². The van der Waals surface area contributed by atoms with Crippen LogP contribution in [0.25, 0.3) is 0 Å². The summed E-state index contributed by atoms with van der Waals surface area (Å²) in [6.07, 6.45) is 0. The third-order valence-electron chi connectivity index (χ3n) is 3.66. The molecule has 0 atom stereocenters. The minimum atomic E-state index is 0.635. The zero-order chi connectivity index (χ0) is 15.2. The fraction of sp³-hybridized carbons (Fsp3) is 0.235. The van der Waals surface area contributed by atoms with Crippen LogP contribution in [-0.2, 0) is 0 Å². The summed E-state index contributed by atoms with van der Waals surface area (Å²) in [5.74, 6) is 0. The number of piperazine rings is 1. The molecule has 0 saturated carbocycles. The second-order valence-corrected chi connectivity index (χ2v) is 5.12. The van der Waals surface area contributed by atoms with Crippen LogP contribution in [0.15, 0.2) is 64.9 Å². The lowest BCUT2D eigenvalue weighted by molar-refractivity contribution is 0.254. The minimum absolute atomic E-state index is 0.635. The molecule has 1 aliphatic heterocycles. The van der Waals surface area contributed by atoms with Crippen LogP contribution in [0.2, 0.25) is 0 Å². The van der Waals surface area contributed by atoms with Gasteiger partial charge >= 0.3 is 0 Å². The highest BCUT2D eigenvalue weighted by molar-refractivity contribution is 5.46. The predicted octanol–water partition coefficient (Wildman–Crippen LogP) is 3.38. The molecule has 0 amide bonds. The van der Waals surface area contributed by atoms with Gasteiger partial charge in [-0.2, -0.15) is 5.26 Å². The van der Waals surface area contributed by atoms with Crippen molar-refractivity contribution in [2.75, 3.05) is 31.1 Å². The lowest BCUT2D eigenvalue weighted by Gasteiger charge is -2.33. The predicted molar refractivity (Wildman–Crippen MR) is 85.9 cm³/mol. The average Bonchev–Trinajstić information content (AvgIpc) is 2.61. The van der Waals surface area contributed by atoms with Crippen molar-refractivity contribution in [1.82, 2.24) is 5.01 Å². The van der Waals surface area contributed by atoms with Crippen LogP contribution in [-0.4, -0.2) is 31.2 Å². The zero-order valence-electron chi connectivity index (χ0n) is 12.3. The molecule has 1 saturated heterocycles. The average molecular weight is 291 g/mol. The molecule has 110 valence electrons. The second kappa shape index (κ2) is 6.72. The molecular formula is C17H17N5. The van der Waals surface area contributed by atoms with Crippen LogP contribution in [0.4, 0.5) is 11.4 Å². The molecule has 5 nitrogen and oxygen atoms in total. The van der Waals surface area contributed by atoms with E-state index in [1.807, 2.05) is 23.2 Å². The standard InChI is InChI=1S/C17H17N5/c18-14-15-6-8-16(9-7-15)19-20-22-12-10-21(11-13-22)17-4-2-1-3-5-17/h1-9H,10-13H2. The first kappa shape index (κ1) is 14.1. The first-order chi connectivity index (χ1) is 10.8. The molecule has 5 heteroatoms. The highest BCUT2D eigenvalue weighted by atomic mass is 15.6. The summed E-state index contributed by atoms with van der Waals surface area (Å²) in [7, 11) is 0. The largest absolute Gasteiger partial charge is 0.368 e. The van der Waals surface area contributed by atoms with Crippen LogP contribution >= 0.6 is 0 Å². The van der Waals surface area contributed by atoms with Gasteiger partial charge in [0.1, 0.15) is 0 Å². The van der Waals surface area contributed by atoms with Gasteiger partial charge in [0.05, 0.1) is 30.4 Å². The van der Waals surface area contributed by atoms with Crippen molar-refractivity contribution in [2.45, 2.75) is 0 Å². The molecule has 1 fully saturated rings. The van der Waals surface area contributed by atoms with E-state index in [1.54, 1.807) is 12.1 Å². The molecule has 22 heavy (non-hydrogen) atoms.